The van der Waals surface area contributed by atoms with E-state index in [9.17, 15) is 0 Å². The second kappa shape index (κ2) is 5.51. The van der Waals surface area contributed by atoms with Crippen molar-refractivity contribution in [2.24, 2.45) is 5.73 Å². The molecule has 0 saturated carbocycles. The number of hydrogen-bond acceptors (Lipinski definition) is 5. The van der Waals surface area contributed by atoms with Gasteiger partial charge in [-0.15, -0.1) is 11.3 Å². The highest BCUT2D eigenvalue weighted by atomic mass is 32.1. The van der Waals surface area contributed by atoms with Crippen molar-refractivity contribution >= 4 is 17.4 Å². The molecule has 0 unspecified atom stereocenters. The first-order valence-electron chi connectivity index (χ1n) is 4.61. The molecule has 0 spiro atoms. The van der Waals surface area contributed by atoms with Crippen LogP contribution in [0.3, 0.4) is 0 Å². The van der Waals surface area contributed by atoms with Crippen LogP contribution in [0.5, 0.6) is 0 Å². The standard InChI is InChI=1S/C12H8N4S/c1-8-2-3-11(17-8)4-9(5-13)12(16)10(6-14)7-15/h2-4H,16H2,1H3/b9-4+. The van der Waals surface area contributed by atoms with Crippen LogP contribution in [-0.4, -0.2) is 0 Å². The summed E-state index contributed by atoms with van der Waals surface area (Å²) >= 11 is 1.50. The molecule has 0 aliphatic heterocycles. The number of rotatable bonds is 2. The van der Waals surface area contributed by atoms with Crippen LogP contribution in [0.15, 0.2) is 29.0 Å². The highest BCUT2D eigenvalue weighted by Crippen LogP contribution is 2.20. The third-order valence-corrected chi connectivity index (χ3v) is 2.90. The molecule has 2 N–H and O–H groups in total. The van der Waals surface area contributed by atoms with E-state index in [1.54, 1.807) is 18.2 Å². The maximum absolute atomic E-state index is 8.96. The highest BCUT2D eigenvalue weighted by molar-refractivity contribution is 7.12. The molecule has 0 aliphatic carbocycles. The zero-order valence-corrected chi connectivity index (χ0v) is 9.88. The minimum atomic E-state index is -0.244. The quantitative estimate of drug-likeness (QED) is 0.633. The third-order valence-electron chi connectivity index (χ3n) is 1.95. The molecule has 82 valence electrons. The number of nitrogens with two attached hydrogens (primary N) is 1. The van der Waals surface area contributed by atoms with Gasteiger partial charge in [0.2, 0.25) is 0 Å². The molecule has 1 rings (SSSR count). The average molecular weight is 240 g/mol. The van der Waals surface area contributed by atoms with Gasteiger partial charge in [0.1, 0.15) is 18.2 Å². The van der Waals surface area contributed by atoms with Crippen LogP contribution in [0.1, 0.15) is 9.75 Å². The number of allylic oxidation sites excluding steroid dienone is 2. The van der Waals surface area contributed by atoms with E-state index in [1.807, 2.05) is 25.1 Å². The van der Waals surface area contributed by atoms with Crippen molar-refractivity contribution in [1.82, 2.24) is 0 Å². The Morgan fingerprint density at radius 2 is 1.88 bits per heavy atom. The van der Waals surface area contributed by atoms with E-state index in [0.717, 1.165) is 9.75 Å². The fraction of sp³-hybridized carbons (Fsp3) is 0.0833. The van der Waals surface area contributed by atoms with Crippen molar-refractivity contribution in [2.45, 2.75) is 6.92 Å². The lowest BCUT2D eigenvalue weighted by atomic mass is 10.1. The molecule has 17 heavy (non-hydrogen) atoms. The molecule has 0 amide bonds. The normalized spacial score (nSPS) is 9.88. The lowest BCUT2D eigenvalue weighted by molar-refractivity contribution is 1.31. The maximum atomic E-state index is 8.96. The lowest BCUT2D eigenvalue weighted by Gasteiger charge is -1.97. The van der Waals surface area contributed by atoms with E-state index in [0.29, 0.717) is 0 Å². The van der Waals surface area contributed by atoms with Crippen molar-refractivity contribution < 1.29 is 0 Å². The first-order valence-corrected chi connectivity index (χ1v) is 5.42. The van der Waals surface area contributed by atoms with Crippen molar-refractivity contribution in [3.8, 4) is 18.2 Å². The third kappa shape index (κ3) is 2.95. The minimum Gasteiger partial charge on any atom is -0.396 e. The summed E-state index contributed by atoms with van der Waals surface area (Å²) in [4.78, 5) is 1.97. The van der Waals surface area contributed by atoms with Crippen LogP contribution >= 0.6 is 11.3 Å². The molecule has 4 nitrogen and oxygen atoms in total. The van der Waals surface area contributed by atoms with Gasteiger partial charge < -0.3 is 5.73 Å². The first kappa shape index (κ1) is 12.5. The molecule has 1 aromatic rings. The first-order chi connectivity index (χ1) is 8.12. The number of thiophene rings is 1. The SMILES string of the molecule is Cc1ccc(/C=C(\C#N)C(N)=C(C#N)C#N)s1. The molecule has 0 saturated heterocycles. The lowest BCUT2D eigenvalue weighted by Crippen LogP contribution is -2.03. The van der Waals surface area contributed by atoms with Crippen LogP contribution in [-0.2, 0) is 0 Å². The van der Waals surface area contributed by atoms with Crippen LogP contribution < -0.4 is 5.73 Å². The van der Waals surface area contributed by atoms with Crippen molar-refractivity contribution in [3.63, 3.8) is 0 Å². The zero-order chi connectivity index (χ0) is 12.8. The Morgan fingerprint density at radius 3 is 2.29 bits per heavy atom. The smallest absolute Gasteiger partial charge is 0.153 e. The van der Waals surface area contributed by atoms with Gasteiger partial charge >= 0.3 is 0 Å². The number of aryl methyl sites for hydroxylation is 1. The van der Waals surface area contributed by atoms with E-state index in [1.165, 1.54) is 11.3 Å². The summed E-state index contributed by atoms with van der Waals surface area (Å²) in [5, 5.41) is 26.3. The maximum Gasteiger partial charge on any atom is 0.153 e. The minimum absolute atomic E-state index is 0.0800. The predicted octanol–water partition coefficient (Wildman–Crippen LogP) is 2.22. The monoisotopic (exact) mass is 240 g/mol. The highest BCUT2D eigenvalue weighted by Gasteiger charge is 2.08. The summed E-state index contributed by atoms with van der Waals surface area (Å²) in [7, 11) is 0. The van der Waals surface area contributed by atoms with Crippen molar-refractivity contribution in [2.75, 3.05) is 0 Å². The fourth-order valence-electron chi connectivity index (χ4n) is 1.12. The van der Waals surface area contributed by atoms with Crippen LogP contribution in [0.25, 0.3) is 6.08 Å². The Kier molecular flexibility index (Phi) is 4.06. The summed E-state index contributed by atoms with van der Waals surface area (Å²) in [6.45, 7) is 1.95. The molecular weight excluding hydrogens is 232 g/mol. The molecule has 1 heterocycles. The van der Waals surface area contributed by atoms with Crippen molar-refractivity contribution in [3.05, 3.63) is 38.7 Å². The number of nitrogens with zero attached hydrogens (tertiary/aromatic N) is 3. The molecule has 0 aliphatic rings. The van der Waals surface area contributed by atoms with Crippen LogP contribution in [0.2, 0.25) is 0 Å². The van der Waals surface area contributed by atoms with Gasteiger partial charge in [0.15, 0.2) is 5.57 Å². The number of nitriles is 3. The molecule has 1 aromatic heterocycles. The second-order valence-corrected chi connectivity index (χ2v) is 4.45. The van der Waals surface area contributed by atoms with Crippen molar-refractivity contribution in [1.29, 1.82) is 15.8 Å². The second-order valence-electron chi connectivity index (χ2n) is 3.13. The summed E-state index contributed by atoms with van der Waals surface area (Å²) in [6, 6.07) is 8.98. The number of hydrogen-bond donors (Lipinski definition) is 1. The molecule has 0 bridgehead atoms. The van der Waals surface area contributed by atoms with Gasteiger partial charge in [-0.05, 0) is 25.1 Å². The summed E-state index contributed by atoms with van der Waals surface area (Å²) in [5.74, 6) is 0. The Labute approximate surface area is 103 Å². The summed E-state index contributed by atoms with van der Waals surface area (Å²) in [5.41, 5.74) is 5.40. The predicted molar refractivity (Wildman–Crippen MR) is 65.1 cm³/mol. The van der Waals surface area contributed by atoms with E-state index in [4.69, 9.17) is 21.5 Å². The Morgan fingerprint density at radius 1 is 1.24 bits per heavy atom. The van der Waals surface area contributed by atoms with Crippen LogP contribution in [0.4, 0.5) is 0 Å². The van der Waals surface area contributed by atoms with Gasteiger partial charge in [0.25, 0.3) is 0 Å². The topological polar surface area (TPSA) is 97.4 Å². The molecule has 0 radical (unpaired) electrons. The zero-order valence-electron chi connectivity index (χ0n) is 9.06. The Bertz CT molecular complexity index is 598. The fourth-order valence-corrected chi connectivity index (χ4v) is 1.94. The molecule has 0 fully saturated rings. The molecule has 0 atom stereocenters. The summed E-state index contributed by atoms with van der Waals surface area (Å²) < 4.78 is 0. The van der Waals surface area contributed by atoms with E-state index < -0.39 is 0 Å². The van der Waals surface area contributed by atoms with Crippen LogP contribution in [0, 0.1) is 40.9 Å². The summed E-state index contributed by atoms with van der Waals surface area (Å²) in [6.07, 6.45) is 1.57. The van der Waals surface area contributed by atoms with E-state index >= 15 is 0 Å². The van der Waals surface area contributed by atoms with Gasteiger partial charge in [-0.1, -0.05) is 0 Å². The molecule has 5 heteroatoms. The Hall–Kier alpha value is -2.55. The van der Waals surface area contributed by atoms with Gasteiger partial charge in [0, 0.05) is 9.75 Å². The molecular formula is C12H8N4S. The van der Waals surface area contributed by atoms with Gasteiger partial charge in [-0.3, -0.25) is 0 Å². The van der Waals surface area contributed by atoms with E-state index in [2.05, 4.69) is 0 Å². The van der Waals surface area contributed by atoms with Gasteiger partial charge in [-0.2, -0.15) is 15.8 Å². The average Bonchev–Trinajstić information content (AvgIpc) is 2.73. The Balaban J connectivity index is 3.24. The van der Waals surface area contributed by atoms with E-state index in [-0.39, 0.29) is 16.8 Å². The van der Waals surface area contributed by atoms with Gasteiger partial charge in [0.05, 0.1) is 11.3 Å². The molecule has 0 aromatic carbocycles. The largest absolute Gasteiger partial charge is 0.396 e. The van der Waals surface area contributed by atoms with Gasteiger partial charge in [-0.25, -0.2) is 0 Å².